The third-order valence-electron chi connectivity index (χ3n) is 4.80. The number of hydrogen-bond donors (Lipinski definition) is 0. The lowest BCUT2D eigenvalue weighted by Gasteiger charge is -2.26. The van der Waals surface area contributed by atoms with Gasteiger partial charge in [-0.25, -0.2) is 8.42 Å². The third-order valence-corrected chi connectivity index (χ3v) is 7.02. The SMILES string of the molecule is Cc1cccc(C2CCCN2S(=O)(=O)c2c(C)cc(C)cc2C)c1. The summed E-state index contributed by atoms with van der Waals surface area (Å²) < 4.78 is 28.5. The summed E-state index contributed by atoms with van der Waals surface area (Å²) >= 11 is 0. The number of nitrogens with zero attached hydrogens (tertiary/aromatic N) is 1. The third kappa shape index (κ3) is 3.01. The summed E-state index contributed by atoms with van der Waals surface area (Å²) in [7, 11) is -3.49. The Morgan fingerprint density at radius 2 is 1.62 bits per heavy atom. The van der Waals surface area contributed by atoms with Gasteiger partial charge in [0.05, 0.1) is 10.9 Å². The first kappa shape index (κ1) is 17.2. The lowest BCUT2D eigenvalue weighted by molar-refractivity contribution is 0.396. The zero-order chi connectivity index (χ0) is 17.5. The molecule has 0 aliphatic carbocycles. The van der Waals surface area contributed by atoms with Crippen molar-refractivity contribution in [2.24, 2.45) is 0 Å². The molecule has 1 aliphatic heterocycles. The van der Waals surface area contributed by atoms with Gasteiger partial charge in [0, 0.05) is 6.54 Å². The van der Waals surface area contributed by atoms with Crippen molar-refractivity contribution in [3.63, 3.8) is 0 Å². The van der Waals surface area contributed by atoms with Gasteiger partial charge in [-0.3, -0.25) is 0 Å². The Bertz CT molecular complexity index is 848. The van der Waals surface area contributed by atoms with Crippen LogP contribution >= 0.6 is 0 Å². The van der Waals surface area contributed by atoms with Crippen LogP contribution in [0.3, 0.4) is 0 Å². The first-order chi connectivity index (χ1) is 11.3. The van der Waals surface area contributed by atoms with E-state index in [0.717, 1.165) is 35.1 Å². The summed E-state index contributed by atoms with van der Waals surface area (Å²) in [6.45, 7) is 8.43. The summed E-state index contributed by atoms with van der Waals surface area (Å²) in [5, 5.41) is 0. The molecule has 0 saturated carbocycles. The van der Waals surface area contributed by atoms with Crippen LogP contribution in [0.1, 0.15) is 46.7 Å². The van der Waals surface area contributed by atoms with Crippen LogP contribution in [0.25, 0.3) is 0 Å². The molecule has 3 nitrogen and oxygen atoms in total. The molecule has 2 aromatic carbocycles. The molecule has 0 radical (unpaired) electrons. The minimum Gasteiger partial charge on any atom is -0.207 e. The number of aryl methyl sites for hydroxylation is 4. The van der Waals surface area contributed by atoms with Crippen molar-refractivity contribution in [3.8, 4) is 0 Å². The first-order valence-electron chi connectivity index (χ1n) is 8.47. The summed E-state index contributed by atoms with van der Waals surface area (Å²) in [6.07, 6.45) is 1.79. The van der Waals surface area contributed by atoms with Crippen molar-refractivity contribution in [1.29, 1.82) is 0 Å². The predicted octanol–water partition coefficient (Wildman–Crippen LogP) is 4.45. The van der Waals surface area contributed by atoms with Gasteiger partial charge in [0.2, 0.25) is 10.0 Å². The Labute approximate surface area is 145 Å². The van der Waals surface area contributed by atoms with Gasteiger partial charge >= 0.3 is 0 Å². The highest BCUT2D eigenvalue weighted by molar-refractivity contribution is 7.89. The quantitative estimate of drug-likeness (QED) is 0.826. The van der Waals surface area contributed by atoms with Crippen molar-refractivity contribution < 1.29 is 8.42 Å². The Kier molecular flexibility index (Phi) is 4.54. The van der Waals surface area contributed by atoms with E-state index in [-0.39, 0.29) is 6.04 Å². The molecule has 0 spiro atoms. The highest BCUT2D eigenvalue weighted by Gasteiger charge is 2.37. The van der Waals surface area contributed by atoms with Gasteiger partial charge in [-0.1, -0.05) is 47.5 Å². The van der Waals surface area contributed by atoms with Crippen LogP contribution in [0, 0.1) is 27.7 Å². The van der Waals surface area contributed by atoms with Crippen molar-refractivity contribution >= 4 is 10.0 Å². The lowest BCUT2D eigenvalue weighted by Crippen LogP contribution is -2.31. The maximum absolute atomic E-state index is 13.4. The summed E-state index contributed by atoms with van der Waals surface area (Å²) in [4.78, 5) is 0.479. The molecule has 0 N–H and O–H groups in total. The monoisotopic (exact) mass is 343 g/mol. The molecule has 1 heterocycles. The summed E-state index contributed by atoms with van der Waals surface area (Å²) in [5.74, 6) is 0. The van der Waals surface area contributed by atoms with E-state index >= 15 is 0 Å². The largest absolute Gasteiger partial charge is 0.244 e. The average molecular weight is 343 g/mol. The molecule has 0 amide bonds. The van der Waals surface area contributed by atoms with Crippen LogP contribution in [0.5, 0.6) is 0 Å². The maximum Gasteiger partial charge on any atom is 0.244 e. The summed E-state index contributed by atoms with van der Waals surface area (Å²) in [5.41, 5.74) is 5.03. The molecule has 0 bridgehead atoms. The zero-order valence-electron chi connectivity index (χ0n) is 14.8. The maximum atomic E-state index is 13.4. The number of hydrogen-bond acceptors (Lipinski definition) is 2. The van der Waals surface area contributed by atoms with Crippen LogP contribution < -0.4 is 0 Å². The molecule has 3 rings (SSSR count). The van der Waals surface area contributed by atoms with Crippen LogP contribution in [0.15, 0.2) is 41.3 Å². The molecule has 2 aromatic rings. The Balaban J connectivity index is 2.06. The van der Waals surface area contributed by atoms with Crippen molar-refractivity contribution in [3.05, 3.63) is 64.2 Å². The molecule has 1 saturated heterocycles. The van der Waals surface area contributed by atoms with Gasteiger partial charge in [0.1, 0.15) is 0 Å². The smallest absolute Gasteiger partial charge is 0.207 e. The van der Waals surface area contributed by atoms with E-state index in [1.165, 1.54) is 5.56 Å². The Morgan fingerprint density at radius 3 is 2.25 bits per heavy atom. The minimum atomic E-state index is -3.49. The van der Waals surface area contributed by atoms with Crippen LogP contribution in [-0.2, 0) is 10.0 Å². The van der Waals surface area contributed by atoms with E-state index in [1.807, 2.05) is 58.0 Å². The molecule has 1 aliphatic rings. The molecule has 4 heteroatoms. The topological polar surface area (TPSA) is 37.4 Å². The van der Waals surface area contributed by atoms with Gasteiger partial charge in [-0.15, -0.1) is 0 Å². The van der Waals surface area contributed by atoms with Crippen LogP contribution in [0.2, 0.25) is 0 Å². The second kappa shape index (κ2) is 6.34. The number of sulfonamides is 1. The highest BCUT2D eigenvalue weighted by atomic mass is 32.2. The number of benzene rings is 2. The second-order valence-corrected chi connectivity index (χ2v) is 8.74. The molecule has 1 atom stereocenters. The molecule has 24 heavy (non-hydrogen) atoms. The molecular formula is C20H25NO2S. The van der Waals surface area contributed by atoms with Gasteiger partial charge in [-0.2, -0.15) is 4.31 Å². The standard InChI is InChI=1S/C20H25NO2S/c1-14-7-5-8-18(13-14)19-9-6-10-21(19)24(22,23)20-16(3)11-15(2)12-17(20)4/h5,7-8,11-13,19H,6,9-10H2,1-4H3. The van der Waals surface area contributed by atoms with Crippen molar-refractivity contribution in [2.45, 2.75) is 51.5 Å². The average Bonchev–Trinajstić information content (AvgIpc) is 2.96. The van der Waals surface area contributed by atoms with Crippen molar-refractivity contribution in [2.75, 3.05) is 6.54 Å². The van der Waals surface area contributed by atoms with E-state index in [4.69, 9.17) is 0 Å². The van der Waals surface area contributed by atoms with Crippen LogP contribution in [0.4, 0.5) is 0 Å². The predicted molar refractivity (Wildman–Crippen MR) is 97.7 cm³/mol. The summed E-state index contributed by atoms with van der Waals surface area (Å²) in [6, 6.07) is 12.1. The molecular weight excluding hydrogens is 318 g/mol. The second-order valence-electron chi connectivity index (χ2n) is 6.92. The normalized spacial score (nSPS) is 18.9. The highest BCUT2D eigenvalue weighted by Crippen LogP contribution is 2.38. The minimum absolute atomic E-state index is 0.0602. The van der Waals surface area contributed by atoms with Gasteiger partial charge in [0.25, 0.3) is 0 Å². The molecule has 128 valence electrons. The van der Waals surface area contributed by atoms with Gasteiger partial charge < -0.3 is 0 Å². The Morgan fingerprint density at radius 1 is 0.958 bits per heavy atom. The molecule has 1 unspecified atom stereocenters. The van der Waals surface area contributed by atoms with E-state index in [1.54, 1.807) is 4.31 Å². The van der Waals surface area contributed by atoms with E-state index in [0.29, 0.717) is 11.4 Å². The van der Waals surface area contributed by atoms with Gasteiger partial charge in [-0.05, 0) is 57.2 Å². The van der Waals surface area contributed by atoms with E-state index in [2.05, 4.69) is 6.07 Å². The zero-order valence-corrected chi connectivity index (χ0v) is 15.7. The Hall–Kier alpha value is -1.65. The van der Waals surface area contributed by atoms with Crippen LogP contribution in [-0.4, -0.2) is 19.3 Å². The fourth-order valence-corrected chi connectivity index (χ4v) is 6.03. The lowest BCUT2D eigenvalue weighted by atomic mass is 10.0. The van der Waals surface area contributed by atoms with E-state index in [9.17, 15) is 8.42 Å². The molecule has 1 fully saturated rings. The van der Waals surface area contributed by atoms with E-state index < -0.39 is 10.0 Å². The first-order valence-corrected chi connectivity index (χ1v) is 9.91. The molecule has 0 aromatic heterocycles. The fourth-order valence-electron chi connectivity index (χ4n) is 3.93. The number of rotatable bonds is 3. The van der Waals surface area contributed by atoms with Gasteiger partial charge in [0.15, 0.2) is 0 Å². The fraction of sp³-hybridized carbons (Fsp3) is 0.400. The van der Waals surface area contributed by atoms with Crippen molar-refractivity contribution in [1.82, 2.24) is 4.31 Å².